The summed E-state index contributed by atoms with van der Waals surface area (Å²) in [7, 11) is 1.52. The monoisotopic (exact) mass is 242 g/mol. The van der Waals surface area contributed by atoms with Gasteiger partial charge in [0.25, 0.3) is 0 Å². The zero-order valence-corrected chi connectivity index (χ0v) is 9.40. The number of rotatable bonds is 5. The molecule has 1 N–H and O–H groups in total. The van der Waals surface area contributed by atoms with Crippen LogP contribution in [-0.4, -0.2) is 29.3 Å². The molecule has 16 heavy (non-hydrogen) atoms. The molecule has 86 valence electrons. The van der Waals surface area contributed by atoms with Gasteiger partial charge in [0.1, 0.15) is 11.1 Å². The summed E-state index contributed by atoms with van der Waals surface area (Å²) in [6.45, 7) is 0. The number of carbonyl (C=O) groups excluding carboxylic acids is 1. The van der Waals surface area contributed by atoms with Gasteiger partial charge in [-0.1, -0.05) is 0 Å². The molecule has 0 bridgehead atoms. The molecule has 0 aromatic heterocycles. The predicted octanol–water partition coefficient (Wildman–Crippen LogP) is 1.96. The van der Waals surface area contributed by atoms with Crippen LogP contribution in [0.4, 0.5) is 0 Å². The molecule has 1 aromatic carbocycles. The third-order valence-electron chi connectivity index (χ3n) is 2.01. The second-order valence-corrected chi connectivity index (χ2v) is 3.68. The van der Waals surface area contributed by atoms with Crippen LogP contribution in [0.3, 0.4) is 0 Å². The highest BCUT2D eigenvalue weighted by Gasteiger charge is 2.20. The number of Topliss-reactive ketones (excluding diaryl/α,β-unsaturated/α-hetero) is 1. The number of ketones is 1. The van der Waals surface area contributed by atoms with Crippen molar-refractivity contribution >= 4 is 23.4 Å². The number of alkyl halides is 1. The van der Waals surface area contributed by atoms with E-state index in [2.05, 4.69) is 0 Å². The van der Waals surface area contributed by atoms with Crippen molar-refractivity contribution in [2.24, 2.45) is 0 Å². The number of carboxylic acids is 1. The first-order valence-electron chi connectivity index (χ1n) is 4.58. The minimum Gasteiger partial charge on any atom is -0.497 e. The zero-order chi connectivity index (χ0) is 12.1. The molecule has 0 fully saturated rings. The Bertz CT molecular complexity index is 385. The lowest BCUT2D eigenvalue weighted by Crippen LogP contribution is -2.18. The number of carbonyl (C=O) groups is 2. The molecule has 0 amide bonds. The molecule has 5 heteroatoms. The van der Waals surface area contributed by atoms with Crippen LogP contribution in [0.5, 0.6) is 5.75 Å². The lowest BCUT2D eigenvalue weighted by molar-refractivity contribution is -0.136. The maximum absolute atomic E-state index is 11.6. The Labute approximate surface area is 97.8 Å². The van der Waals surface area contributed by atoms with E-state index in [0.29, 0.717) is 11.3 Å². The van der Waals surface area contributed by atoms with Gasteiger partial charge < -0.3 is 9.84 Å². The van der Waals surface area contributed by atoms with Crippen LogP contribution in [0.15, 0.2) is 24.3 Å². The average Bonchev–Trinajstić information content (AvgIpc) is 2.27. The van der Waals surface area contributed by atoms with Crippen molar-refractivity contribution < 1.29 is 19.4 Å². The molecule has 1 unspecified atom stereocenters. The third kappa shape index (κ3) is 3.24. The van der Waals surface area contributed by atoms with Crippen LogP contribution in [0.1, 0.15) is 16.8 Å². The molecule has 1 rings (SSSR count). The van der Waals surface area contributed by atoms with Gasteiger partial charge in [0.05, 0.1) is 13.5 Å². The summed E-state index contributed by atoms with van der Waals surface area (Å²) in [6, 6.07) is 6.35. The average molecular weight is 243 g/mol. The van der Waals surface area contributed by atoms with Crippen LogP contribution >= 0.6 is 11.6 Å². The smallest absolute Gasteiger partial charge is 0.305 e. The summed E-state index contributed by atoms with van der Waals surface area (Å²) < 4.78 is 4.94. The van der Waals surface area contributed by atoms with Gasteiger partial charge in [0.2, 0.25) is 0 Å². The van der Waals surface area contributed by atoms with Crippen LogP contribution in [0.2, 0.25) is 0 Å². The summed E-state index contributed by atoms with van der Waals surface area (Å²) in [5.74, 6) is -0.866. The van der Waals surface area contributed by atoms with E-state index in [4.69, 9.17) is 21.4 Å². The molecule has 0 saturated heterocycles. The Kier molecular flexibility index (Phi) is 4.31. The van der Waals surface area contributed by atoms with Crippen molar-refractivity contribution in [1.82, 2.24) is 0 Å². The summed E-state index contributed by atoms with van der Waals surface area (Å²) in [4.78, 5) is 22.0. The van der Waals surface area contributed by atoms with Gasteiger partial charge >= 0.3 is 5.97 Å². The van der Waals surface area contributed by atoms with Crippen molar-refractivity contribution in [2.45, 2.75) is 11.8 Å². The molecule has 0 radical (unpaired) electrons. The van der Waals surface area contributed by atoms with E-state index in [0.717, 1.165) is 0 Å². The molecule has 0 heterocycles. The number of ether oxygens (including phenoxy) is 1. The SMILES string of the molecule is COc1ccc(C(=O)C(Cl)CC(=O)O)cc1. The summed E-state index contributed by atoms with van der Waals surface area (Å²) in [5.41, 5.74) is 0.377. The molecular formula is C11H11ClO4. The van der Waals surface area contributed by atoms with Crippen molar-refractivity contribution in [2.75, 3.05) is 7.11 Å². The van der Waals surface area contributed by atoms with Crippen molar-refractivity contribution in [3.8, 4) is 5.75 Å². The number of hydrogen-bond donors (Lipinski definition) is 1. The Morgan fingerprint density at radius 1 is 1.38 bits per heavy atom. The second kappa shape index (κ2) is 5.51. The van der Waals surface area contributed by atoms with Crippen LogP contribution in [-0.2, 0) is 4.79 Å². The van der Waals surface area contributed by atoms with Crippen LogP contribution in [0, 0.1) is 0 Å². The molecule has 0 aliphatic carbocycles. The molecule has 1 aromatic rings. The number of methoxy groups -OCH3 is 1. The van der Waals surface area contributed by atoms with E-state index in [1.807, 2.05) is 0 Å². The predicted molar refractivity (Wildman–Crippen MR) is 59.2 cm³/mol. The first kappa shape index (κ1) is 12.5. The molecule has 0 saturated carbocycles. The lowest BCUT2D eigenvalue weighted by atomic mass is 10.1. The molecule has 0 aliphatic heterocycles. The highest BCUT2D eigenvalue weighted by atomic mass is 35.5. The van der Waals surface area contributed by atoms with Gasteiger partial charge in [-0.2, -0.15) is 0 Å². The summed E-state index contributed by atoms with van der Waals surface area (Å²) >= 11 is 5.67. The van der Waals surface area contributed by atoms with Crippen molar-refractivity contribution in [3.63, 3.8) is 0 Å². The highest BCUT2D eigenvalue weighted by molar-refractivity contribution is 6.34. The van der Waals surface area contributed by atoms with E-state index < -0.39 is 17.1 Å². The number of aliphatic carboxylic acids is 1. The lowest BCUT2D eigenvalue weighted by Gasteiger charge is -2.06. The van der Waals surface area contributed by atoms with Gasteiger partial charge in [-0.05, 0) is 24.3 Å². The van der Waals surface area contributed by atoms with E-state index in [9.17, 15) is 9.59 Å². The number of hydrogen-bond acceptors (Lipinski definition) is 3. The maximum Gasteiger partial charge on any atom is 0.305 e. The topological polar surface area (TPSA) is 63.6 Å². The fourth-order valence-electron chi connectivity index (χ4n) is 1.18. The molecular weight excluding hydrogens is 232 g/mol. The van der Waals surface area contributed by atoms with E-state index >= 15 is 0 Å². The molecule has 0 spiro atoms. The first-order chi connectivity index (χ1) is 7.54. The quantitative estimate of drug-likeness (QED) is 0.633. The fourth-order valence-corrected chi connectivity index (χ4v) is 1.44. The summed E-state index contributed by atoms with van der Waals surface area (Å²) in [6.07, 6.45) is -0.383. The van der Waals surface area contributed by atoms with Gasteiger partial charge in [0, 0.05) is 5.56 Å². The Morgan fingerprint density at radius 2 is 1.94 bits per heavy atom. The standard InChI is InChI=1S/C11H11ClO4/c1-16-8-4-2-7(3-5-8)11(15)9(12)6-10(13)14/h2-5,9H,6H2,1H3,(H,13,14). The van der Waals surface area contributed by atoms with Crippen LogP contribution < -0.4 is 4.74 Å². The molecule has 4 nitrogen and oxygen atoms in total. The molecule has 1 atom stereocenters. The number of carboxylic acid groups (broad SMARTS) is 1. The van der Waals surface area contributed by atoms with Gasteiger partial charge in [-0.15, -0.1) is 11.6 Å². The van der Waals surface area contributed by atoms with Crippen LogP contribution in [0.25, 0.3) is 0 Å². The zero-order valence-electron chi connectivity index (χ0n) is 8.64. The second-order valence-electron chi connectivity index (χ2n) is 3.16. The Balaban J connectivity index is 2.75. The Hall–Kier alpha value is -1.55. The van der Waals surface area contributed by atoms with E-state index in [1.54, 1.807) is 24.3 Å². The van der Waals surface area contributed by atoms with E-state index in [-0.39, 0.29) is 6.42 Å². The van der Waals surface area contributed by atoms with Crippen molar-refractivity contribution in [3.05, 3.63) is 29.8 Å². The number of benzene rings is 1. The fraction of sp³-hybridized carbons (Fsp3) is 0.273. The third-order valence-corrected chi connectivity index (χ3v) is 2.37. The first-order valence-corrected chi connectivity index (χ1v) is 5.02. The Morgan fingerprint density at radius 3 is 2.38 bits per heavy atom. The van der Waals surface area contributed by atoms with Gasteiger partial charge in [0.15, 0.2) is 5.78 Å². The minimum absolute atomic E-state index is 0.377. The van der Waals surface area contributed by atoms with E-state index in [1.165, 1.54) is 7.11 Å². The largest absolute Gasteiger partial charge is 0.497 e. The summed E-state index contributed by atoms with van der Waals surface area (Å²) in [5, 5.41) is 7.47. The van der Waals surface area contributed by atoms with Gasteiger partial charge in [-0.25, -0.2) is 0 Å². The highest BCUT2D eigenvalue weighted by Crippen LogP contribution is 2.16. The van der Waals surface area contributed by atoms with Gasteiger partial charge in [-0.3, -0.25) is 9.59 Å². The normalized spacial score (nSPS) is 11.9. The molecule has 0 aliphatic rings. The van der Waals surface area contributed by atoms with Crippen molar-refractivity contribution in [1.29, 1.82) is 0 Å². The minimum atomic E-state index is -1.10. The number of halogens is 1. The maximum atomic E-state index is 11.6.